The highest BCUT2D eigenvalue weighted by Gasteiger charge is 2.42. The van der Waals surface area contributed by atoms with E-state index in [0.29, 0.717) is 27.8 Å². The van der Waals surface area contributed by atoms with E-state index in [9.17, 15) is 9.18 Å². The van der Waals surface area contributed by atoms with E-state index in [-0.39, 0.29) is 17.9 Å². The third-order valence-corrected chi connectivity index (χ3v) is 6.32. The van der Waals surface area contributed by atoms with Crippen molar-refractivity contribution in [2.45, 2.75) is 19.0 Å². The number of anilines is 1. The van der Waals surface area contributed by atoms with Crippen LogP contribution in [-0.2, 0) is 4.74 Å². The molecule has 3 heterocycles. The number of aryl methyl sites for hydroxylation is 1. The Balaban J connectivity index is 1.58. The zero-order valence-corrected chi connectivity index (χ0v) is 19.9. The Kier molecular flexibility index (Phi) is 6.05. The first-order valence-electron chi connectivity index (χ1n) is 11.0. The summed E-state index contributed by atoms with van der Waals surface area (Å²) in [4.78, 5) is 18.4. The van der Waals surface area contributed by atoms with Gasteiger partial charge in [-0.25, -0.2) is 9.18 Å². The number of ether oxygens (including phenoxy) is 1. The molecule has 1 N–H and O–H groups in total. The van der Waals surface area contributed by atoms with E-state index in [0.717, 1.165) is 16.9 Å². The maximum atomic E-state index is 14.0. The summed E-state index contributed by atoms with van der Waals surface area (Å²) in [6.45, 7) is 1.72. The Labute approximate surface area is 207 Å². The molecule has 0 saturated carbocycles. The molecular weight excluding hydrogens is 465 g/mol. The molecule has 6 nitrogen and oxygen atoms in total. The Bertz CT molecular complexity index is 1410. The molecule has 176 valence electrons. The normalized spacial score (nSPS) is 17.3. The van der Waals surface area contributed by atoms with Gasteiger partial charge in [0, 0.05) is 17.4 Å². The van der Waals surface area contributed by atoms with Crippen molar-refractivity contribution in [3.05, 3.63) is 107 Å². The monoisotopic (exact) mass is 487 g/mol. The number of esters is 1. The Morgan fingerprint density at radius 2 is 1.97 bits per heavy atom. The van der Waals surface area contributed by atoms with Crippen LogP contribution in [0.5, 0.6) is 0 Å². The molecule has 0 bridgehead atoms. The topological polar surface area (TPSA) is 67.6 Å². The van der Waals surface area contributed by atoms with E-state index < -0.39 is 5.97 Å². The number of hydrogen-bond donors (Lipinski definition) is 1. The maximum absolute atomic E-state index is 14.0. The highest BCUT2D eigenvalue weighted by Crippen LogP contribution is 2.43. The van der Waals surface area contributed by atoms with E-state index in [1.165, 1.54) is 13.2 Å². The van der Waals surface area contributed by atoms with Crippen molar-refractivity contribution in [2.24, 2.45) is 0 Å². The molecule has 5 rings (SSSR count). The lowest BCUT2D eigenvalue weighted by Crippen LogP contribution is -2.29. The lowest BCUT2D eigenvalue weighted by atomic mass is 10.0. The molecule has 1 fully saturated rings. The summed E-state index contributed by atoms with van der Waals surface area (Å²) < 4.78 is 25.2. The summed E-state index contributed by atoms with van der Waals surface area (Å²) in [6.07, 6.45) is 1.73. The van der Waals surface area contributed by atoms with Crippen LogP contribution in [0.4, 0.5) is 10.1 Å². The van der Waals surface area contributed by atoms with Gasteiger partial charge < -0.3 is 19.4 Å². The highest BCUT2D eigenvalue weighted by atomic mass is 32.1. The van der Waals surface area contributed by atoms with Crippen molar-refractivity contribution >= 4 is 29.0 Å². The van der Waals surface area contributed by atoms with Crippen LogP contribution in [0.15, 0.2) is 83.4 Å². The van der Waals surface area contributed by atoms with Gasteiger partial charge in [0.2, 0.25) is 0 Å². The number of rotatable bonds is 5. The van der Waals surface area contributed by atoms with Gasteiger partial charge in [-0.15, -0.1) is 0 Å². The van der Waals surface area contributed by atoms with Gasteiger partial charge in [0.15, 0.2) is 5.11 Å². The number of pyridine rings is 1. The van der Waals surface area contributed by atoms with Crippen LogP contribution in [0.2, 0.25) is 0 Å². The molecule has 0 unspecified atom stereocenters. The number of carbonyl (C=O) groups is 1. The van der Waals surface area contributed by atoms with Gasteiger partial charge in [-0.1, -0.05) is 18.2 Å². The smallest absolute Gasteiger partial charge is 0.337 e. The van der Waals surface area contributed by atoms with Crippen molar-refractivity contribution in [3.8, 4) is 11.3 Å². The SMILES string of the molecule is COC(=O)c1cccc(-c2ccc([C@@H]3[C@@H](c4ccccn4)NC(=S)N3c3ccc(F)c(C)c3)o2)c1. The third kappa shape index (κ3) is 4.28. The standard InChI is InChI=1S/C27H22FN3O3S/c1-16-14-19(9-10-20(16)28)31-25(24(30-27(31)35)21-8-3-4-13-29-21)23-12-11-22(34-23)17-6-5-7-18(15-17)26(32)33-2/h3-15,24-25H,1-2H3,(H,30,35)/t24-,25-/m1/s1. The van der Waals surface area contributed by atoms with Crippen molar-refractivity contribution in [1.29, 1.82) is 0 Å². The van der Waals surface area contributed by atoms with Gasteiger partial charge in [-0.2, -0.15) is 0 Å². The zero-order valence-electron chi connectivity index (χ0n) is 19.1. The molecular formula is C27H22FN3O3S. The van der Waals surface area contributed by atoms with Crippen LogP contribution in [0.25, 0.3) is 11.3 Å². The molecule has 0 radical (unpaired) electrons. The van der Waals surface area contributed by atoms with Gasteiger partial charge in [0.05, 0.1) is 24.4 Å². The quantitative estimate of drug-likeness (QED) is 0.284. The molecule has 1 saturated heterocycles. The van der Waals surface area contributed by atoms with Crippen molar-refractivity contribution in [2.75, 3.05) is 12.0 Å². The van der Waals surface area contributed by atoms with E-state index in [1.807, 2.05) is 41.3 Å². The number of halogens is 1. The van der Waals surface area contributed by atoms with E-state index in [1.54, 1.807) is 43.5 Å². The van der Waals surface area contributed by atoms with E-state index in [4.69, 9.17) is 21.4 Å². The number of furan rings is 1. The molecule has 0 amide bonds. The summed E-state index contributed by atoms with van der Waals surface area (Å²) in [5.74, 6) is 0.541. The first-order chi connectivity index (χ1) is 17.0. The molecule has 0 spiro atoms. The number of methoxy groups -OCH3 is 1. The number of hydrogen-bond acceptors (Lipinski definition) is 5. The number of aromatic nitrogens is 1. The fourth-order valence-electron chi connectivity index (χ4n) is 4.28. The summed E-state index contributed by atoms with van der Waals surface area (Å²) in [5.41, 5.74) is 3.24. The molecule has 0 aliphatic carbocycles. The zero-order chi connectivity index (χ0) is 24.5. The van der Waals surface area contributed by atoms with E-state index >= 15 is 0 Å². The second-order valence-corrected chi connectivity index (χ2v) is 8.59. The van der Waals surface area contributed by atoms with Crippen LogP contribution in [0.1, 0.15) is 39.5 Å². The number of carbonyl (C=O) groups excluding carboxylic acids is 1. The fourth-order valence-corrected chi connectivity index (χ4v) is 4.63. The Morgan fingerprint density at radius 1 is 1.11 bits per heavy atom. The summed E-state index contributed by atoms with van der Waals surface area (Å²) in [6, 6.07) is 20.7. The molecule has 2 aromatic carbocycles. The maximum Gasteiger partial charge on any atom is 0.337 e. The molecule has 8 heteroatoms. The number of nitrogens with one attached hydrogen (secondary N) is 1. The van der Waals surface area contributed by atoms with Crippen molar-refractivity contribution in [3.63, 3.8) is 0 Å². The molecule has 4 aromatic rings. The third-order valence-electron chi connectivity index (χ3n) is 6.00. The van der Waals surface area contributed by atoms with Gasteiger partial charge in [-0.05, 0) is 79.3 Å². The molecule has 35 heavy (non-hydrogen) atoms. The molecule has 1 aliphatic rings. The molecule has 2 aromatic heterocycles. The average molecular weight is 488 g/mol. The lowest BCUT2D eigenvalue weighted by Gasteiger charge is -2.26. The van der Waals surface area contributed by atoms with Crippen LogP contribution >= 0.6 is 12.2 Å². The fraction of sp³-hybridized carbons (Fsp3) is 0.148. The predicted octanol–water partition coefficient (Wildman–Crippen LogP) is 5.75. The first kappa shape index (κ1) is 22.7. The second kappa shape index (κ2) is 9.31. The minimum atomic E-state index is -0.419. The Hall–Kier alpha value is -4.04. The number of benzene rings is 2. The van der Waals surface area contributed by atoms with Crippen LogP contribution in [0.3, 0.4) is 0 Å². The van der Waals surface area contributed by atoms with Gasteiger partial charge in [0.1, 0.15) is 23.4 Å². The minimum absolute atomic E-state index is 0.282. The van der Waals surface area contributed by atoms with Crippen molar-refractivity contribution in [1.82, 2.24) is 10.3 Å². The van der Waals surface area contributed by atoms with Crippen LogP contribution < -0.4 is 10.2 Å². The van der Waals surface area contributed by atoms with Crippen LogP contribution in [-0.4, -0.2) is 23.2 Å². The highest BCUT2D eigenvalue weighted by molar-refractivity contribution is 7.80. The molecule has 1 aliphatic heterocycles. The Morgan fingerprint density at radius 3 is 2.71 bits per heavy atom. The van der Waals surface area contributed by atoms with Crippen molar-refractivity contribution < 1.29 is 18.3 Å². The number of nitrogens with zero attached hydrogens (tertiary/aromatic N) is 2. The predicted molar refractivity (Wildman–Crippen MR) is 135 cm³/mol. The number of thiocarbonyl (C=S) groups is 1. The molecule has 2 atom stereocenters. The van der Waals surface area contributed by atoms with Crippen LogP contribution in [0, 0.1) is 12.7 Å². The first-order valence-corrected chi connectivity index (χ1v) is 11.4. The van der Waals surface area contributed by atoms with Gasteiger partial charge in [-0.3, -0.25) is 4.98 Å². The lowest BCUT2D eigenvalue weighted by molar-refractivity contribution is 0.0601. The summed E-state index contributed by atoms with van der Waals surface area (Å²) in [5, 5.41) is 3.85. The largest absolute Gasteiger partial charge is 0.465 e. The summed E-state index contributed by atoms with van der Waals surface area (Å²) >= 11 is 5.71. The summed E-state index contributed by atoms with van der Waals surface area (Å²) in [7, 11) is 1.35. The van der Waals surface area contributed by atoms with E-state index in [2.05, 4.69) is 10.3 Å². The minimum Gasteiger partial charge on any atom is -0.465 e. The van der Waals surface area contributed by atoms with Gasteiger partial charge >= 0.3 is 5.97 Å². The second-order valence-electron chi connectivity index (χ2n) is 8.20. The average Bonchev–Trinajstić information content (AvgIpc) is 3.50. The van der Waals surface area contributed by atoms with Gasteiger partial charge in [0.25, 0.3) is 0 Å².